The van der Waals surface area contributed by atoms with Crippen molar-refractivity contribution < 1.29 is 28.5 Å². The zero-order valence-electron chi connectivity index (χ0n) is 17.7. The van der Waals surface area contributed by atoms with Crippen LogP contribution in [0.1, 0.15) is 17.4 Å². The number of methoxy groups -OCH3 is 2. The van der Waals surface area contributed by atoms with Crippen LogP contribution in [0.25, 0.3) is 10.4 Å². The molecule has 12 heteroatoms. The molecule has 3 heterocycles. The highest BCUT2D eigenvalue weighted by Gasteiger charge is 2.76. The van der Waals surface area contributed by atoms with Crippen LogP contribution in [0.2, 0.25) is 0 Å². The number of carbonyl (C=O) groups excluding carboxylic acids is 1. The van der Waals surface area contributed by atoms with Crippen LogP contribution in [0.4, 0.5) is 0 Å². The van der Waals surface area contributed by atoms with Crippen molar-refractivity contribution in [1.82, 2.24) is 4.98 Å². The number of carbonyl (C=O) groups is 1. The monoisotopic (exact) mass is 536 g/mol. The van der Waals surface area contributed by atoms with Crippen molar-refractivity contribution in [3.8, 4) is 0 Å². The molecule has 33 heavy (non-hydrogen) atoms. The normalized spacial score (nSPS) is 35.7. The predicted octanol–water partition coefficient (Wildman–Crippen LogP) is 3.64. The van der Waals surface area contributed by atoms with Crippen molar-refractivity contribution in [3.63, 3.8) is 0 Å². The first-order chi connectivity index (χ1) is 15.9. The van der Waals surface area contributed by atoms with Gasteiger partial charge >= 0.3 is 5.97 Å². The number of hydrogen-bond donors (Lipinski definition) is 1. The first-order valence-corrected chi connectivity index (χ1v) is 11.2. The summed E-state index contributed by atoms with van der Waals surface area (Å²) in [6.07, 6.45) is 1.04. The van der Waals surface area contributed by atoms with Gasteiger partial charge in [-0.2, -0.15) is 0 Å². The summed E-state index contributed by atoms with van der Waals surface area (Å²) in [5, 5.41) is 4.16. The Morgan fingerprint density at radius 3 is 2.67 bits per heavy atom. The van der Waals surface area contributed by atoms with Crippen LogP contribution < -0.4 is 0 Å². The van der Waals surface area contributed by atoms with Crippen LogP contribution in [0.5, 0.6) is 0 Å². The van der Waals surface area contributed by atoms with Crippen LogP contribution in [0, 0.1) is 0 Å². The van der Waals surface area contributed by atoms with Crippen LogP contribution in [0.15, 0.2) is 60.0 Å². The number of alkyl halides is 1. The zero-order chi connectivity index (χ0) is 23.7. The van der Waals surface area contributed by atoms with Crippen LogP contribution in [0.3, 0.4) is 0 Å². The fourth-order valence-electron chi connectivity index (χ4n) is 4.43. The second-order valence-corrected chi connectivity index (χ2v) is 9.27. The average molecular weight is 537 g/mol. The van der Waals surface area contributed by atoms with E-state index in [1.54, 1.807) is 18.3 Å². The van der Waals surface area contributed by atoms with Crippen molar-refractivity contribution in [3.05, 3.63) is 76.4 Å². The minimum absolute atomic E-state index is 0.0157. The highest BCUT2D eigenvalue weighted by molar-refractivity contribution is 9.10. The Labute approximate surface area is 203 Å². The predicted molar refractivity (Wildman–Crippen MR) is 122 cm³/mol. The van der Waals surface area contributed by atoms with Gasteiger partial charge in [0.1, 0.15) is 17.1 Å². The molecular formula is C21H21BrN4O6S. The number of hydrogen-bond acceptors (Lipinski definition) is 9. The van der Waals surface area contributed by atoms with E-state index >= 15 is 0 Å². The Morgan fingerprint density at radius 2 is 2.06 bits per heavy atom. The van der Waals surface area contributed by atoms with Gasteiger partial charge in [-0.3, -0.25) is 4.98 Å². The minimum Gasteiger partial charge on any atom is -0.467 e. The smallest absolute Gasteiger partial charge is 0.343 e. The number of pyridine rings is 1. The summed E-state index contributed by atoms with van der Waals surface area (Å²) in [5.41, 5.74) is 5.65. The van der Waals surface area contributed by atoms with Crippen molar-refractivity contribution >= 4 is 34.5 Å². The maximum Gasteiger partial charge on any atom is 0.343 e. The number of rotatable bonds is 5. The SMILES string of the molecule is COC(=O)[C@]1(OC)[C@@H](S)O[C@@]2(Br)COC(c3ccccc3)O[C@@H]2C1(N=[N+]=[N-])c1cccnc1. The molecule has 2 aliphatic heterocycles. The molecule has 2 saturated heterocycles. The lowest BCUT2D eigenvalue weighted by molar-refractivity contribution is -0.342. The first-order valence-electron chi connectivity index (χ1n) is 9.86. The molecule has 2 aromatic rings. The van der Waals surface area contributed by atoms with Gasteiger partial charge in [-0.1, -0.05) is 41.5 Å². The lowest BCUT2D eigenvalue weighted by atomic mass is 9.67. The van der Waals surface area contributed by atoms with Gasteiger partial charge in [0.15, 0.2) is 10.8 Å². The number of thiol groups is 1. The lowest BCUT2D eigenvalue weighted by Gasteiger charge is -2.60. The number of fused-ring (bicyclic) bond motifs is 1. The van der Waals surface area contributed by atoms with Gasteiger partial charge in [0.05, 0.1) is 13.7 Å². The lowest BCUT2D eigenvalue weighted by Crippen LogP contribution is -2.78. The third-order valence-corrected chi connectivity index (χ3v) is 7.17. The fraction of sp³-hybridized carbons (Fsp3) is 0.429. The van der Waals surface area contributed by atoms with E-state index < -0.39 is 39.4 Å². The highest BCUT2D eigenvalue weighted by Crippen LogP contribution is 2.59. The Morgan fingerprint density at radius 1 is 1.30 bits per heavy atom. The molecular weight excluding hydrogens is 516 g/mol. The van der Waals surface area contributed by atoms with E-state index in [1.807, 2.05) is 30.3 Å². The van der Waals surface area contributed by atoms with Gasteiger partial charge in [0.25, 0.3) is 0 Å². The quantitative estimate of drug-likeness (QED) is 0.154. The molecule has 10 nitrogen and oxygen atoms in total. The number of nitrogens with zero attached hydrogens (tertiary/aromatic N) is 4. The summed E-state index contributed by atoms with van der Waals surface area (Å²) in [5.74, 6) is -0.859. The summed E-state index contributed by atoms with van der Waals surface area (Å²) in [4.78, 5) is 20.6. The molecule has 1 aromatic carbocycles. The van der Waals surface area contributed by atoms with Gasteiger partial charge in [-0.15, -0.1) is 12.6 Å². The minimum atomic E-state index is -2.04. The Hall–Kier alpha value is -2.18. The number of azide groups is 1. The van der Waals surface area contributed by atoms with Gasteiger partial charge in [0, 0.05) is 30.0 Å². The summed E-state index contributed by atoms with van der Waals surface area (Å²) >= 11 is 8.12. The maximum absolute atomic E-state index is 13.3. The Kier molecular flexibility index (Phi) is 6.70. The molecule has 2 fully saturated rings. The summed E-state index contributed by atoms with van der Waals surface area (Å²) in [6.45, 7) is -0.0157. The van der Waals surface area contributed by atoms with Gasteiger partial charge in [-0.25, -0.2) is 4.79 Å². The van der Waals surface area contributed by atoms with Crippen molar-refractivity contribution in [2.75, 3.05) is 20.8 Å². The fourth-order valence-corrected chi connectivity index (χ4v) is 5.93. The van der Waals surface area contributed by atoms with E-state index in [1.165, 1.54) is 20.4 Å². The average Bonchev–Trinajstić information content (AvgIpc) is 2.84. The number of aromatic nitrogens is 1. The number of esters is 1. The number of benzene rings is 1. The summed E-state index contributed by atoms with van der Waals surface area (Å²) < 4.78 is 28.0. The van der Waals surface area contributed by atoms with Crippen LogP contribution >= 0.6 is 28.6 Å². The van der Waals surface area contributed by atoms with Crippen molar-refractivity contribution in [2.24, 2.45) is 5.11 Å². The van der Waals surface area contributed by atoms with Gasteiger partial charge in [-0.05, 0) is 33.1 Å². The molecule has 0 radical (unpaired) electrons. The Bertz CT molecular complexity index is 1060. The molecule has 0 N–H and O–H groups in total. The topological polar surface area (TPSA) is 125 Å². The van der Waals surface area contributed by atoms with E-state index in [2.05, 4.69) is 43.6 Å². The molecule has 0 aliphatic carbocycles. The molecule has 174 valence electrons. The molecule has 2 unspecified atom stereocenters. The van der Waals surface area contributed by atoms with Crippen LogP contribution in [-0.4, -0.2) is 53.4 Å². The zero-order valence-corrected chi connectivity index (χ0v) is 20.2. The molecule has 4 rings (SSSR count). The molecule has 0 amide bonds. The molecule has 6 atom stereocenters. The van der Waals surface area contributed by atoms with Gasteiger partial charge < -0.3 is 23.7 Å². The molecule has 2 aliphatic rings. The molecule has 0 bridgehead atoms. The largest absolute Gasteiger partial charge is 0.467 e. The second-order valence-electron chi connectivity index (χ2n) is 7.46. The van der Waals surface area contributed by atoms with E-state index in [9.17, 15) is 10.3 Å². The third-order valence-electron chi connectivity index (χ3n) is 5.87. The second kappa shape index (κ2) is 9.22. The summed E-state index contributed by atoms with van der Waals surface area (Å²) in [7, 11) is 2.48. The van der Waals surface area contributed by atoms with E-state index in [4.69, 9.17) is 23.7 Å². The van der Waals surface area contributed by atoms with Gasteiger partial charge in [0.2, 0.25) is 5.60 Å². The number of halogens is 1. The van der Waals surface area contributed by atoms with Crippen LogP contribution in [-0.2, 0) is 34.0 Å². The first kappa shape index (κ1) is 24.0. The molecule has 0 spiro atoms. The van der Waals surface area contributed by atoms with Crippen molar-refractivity contribution in [2.45, 2.75) is 33.5 Å². The van der Waals surface area contributed by atoms with Crippen molar-refractivity contribution in [1.29, 1.82) is 0 Å². The third kappa shape index (κ3) is 3.53. The molecule has 1 aromatic heterocycles. The Balaban J connectivity index is 2.00. The summed E-state index contributed by atoms with van der Waals surface area (Å²) in [6, 6.07) is 12.5. The molecule has 0 saturated carbocycles. The highest BCUT2D eigenvalue weighted by atomic mass is 79.9. The van der Waals surface area contributed by atoms with E-state index in [-0.39, 0.29) is 6.61 Å². The standard InChI is InChI=1S/C21H21BrN4O6S/c1-28-17(27)21(29-2)18(33)32-19(22)12-30-15(13-7-4-3-5-8-13)31-16(19)20(21,25-26-23)14-9-6-10-24-11-14/h3-11,15-16,18,33H,12H2,1-2H3/t15?,16-,18+,19-,20?,21-/m0/s1. The maximum atomic E-state index is 13.3. The number of ether oxygens (including phenoxy) is 5. The van der Waals surface area contributed by atoms with E-state index in [0.29, 0.717) is 5.56 Å². The van der Waals surface area contributed by atoms with E-state index in [0.717, 1.165) is 5.56 Å².